The molecule has 0 spiro atoms. The van der Waals surface area contributed by atoms with E-state index in [1.54, 1.807) is 0 Å². The molecule has 0 bridgehead atoms. The van der Waals surface area contributed by atoms with Crippen molar-refractivity contribution in [2.75, 3.05) is 13.7 Å². The van der Waals surface area contributed by atoms with Gasteiger partial charge >= 0.3 is 0 Å². The maximum Gasteiger partial charge on any atom is 0.241 e. The fourth-order valence-corrected chi connectivity index (χ4v) is 3.51. The van der Waals surface area contributed by atoms with Gasteiger partial charge < -0.3 is 10.5 Å². The van der Waals surface area contributed by atoms with Crippen LogP contribution in [0.4, 0.5) is 4.39 Å². The number of hydrogen-bond acceptors (Lipinski definition) is 4. The molecule has 0 heterocycles. The number of nitrogens with two attached hydrogens (primary N) is 1. The molecule has 0 amide bonds. The van der Waals surface area contributed by atoms with Gasteiger partial charge in [-0.2, -0.15) is 0 Å². The van der Waals surface area contributed by atoms with Gasteiger partial charge in [0.25, 0.3) is 0 Å². The van der Waals surface area contributed by atoms with Crippen molar-refractivity contribution >= 4 is 10.0 Å². The van der Waals surface area contributed by atoms with E-state index in [0.717, 1.165) is 6.42 Å². The van der Waals surface area contributed by atoms with Crippen molar-refractivity contribution < 1.29 is 17.5 Å². The lowest BCUT2D eigenvalue weighted by molar-refractivity contribution is 0.171. The van der Waals surface area contributed by atoms with Gasteiger partial charge in [-0.1, -0.05) is 19.4 Å². The Kier molecular flexibility index (Phi) is 6.54. The van der Waals surface area contributed by atoms with Crippen molar-refractivity contribution in [2.24, 2.45) is 5.73 Å². The minimum absolute atomic E-state index is 0.00679. The lowest BCUT2D eigenvalue weighted by Crippen LogP contribution is -2.38. The highest BCUT2D eigenvalue weighted by atomic mass is 32.2. The Morgan fingerprint density at radius 1 is 1.45 bits per heavy atom. The predicted octanol–water partition coefficient (Wildman–Crippen LogP) is 1.38. The summed E-state index contributed by atoms with van der Waals surface area (Å²) in [6, 6.07) is 3.56. The molecule has 0 fully saturated rings. The van der Waals surface area contributed by atoms with Gasteiger partial charge in [-0.15, -0.1) is 0 Å². The summed E-state index contributed by atoms with van der Waals surface area (Å²) in [5.41, 5.74) is 5.43. The van der Waals surface area contributed by atoms with Crippen LogP contribution in [0.15, 0.2) is 23.1 Å². The third kappa shape index (κ3) is 4.24. The van der Waals surface area contributed by atoms with Gasteiger partial charge in [0.2, 0.25) is 10.0 Å². The van der Waals surface area contributed by atoms with Crippen LogP contribution in [-0.2, 0) is 21.3 Å². The highest BCUT2D eigenvalue weighted by Gasteiger charge is 2.23. The summed E-state index contributed by atoms with van der Waals surface area (Å²) >= 11 is 0. The van der Waals surface area contributed by atoms with Crippen LogP contribution in [0.2, 0.25) is 0 Å². The summed E-state index contributed by atoms with van der Waals surface area (Å²) < 4.78 is 45.8. The largest absolute Gasteiger partial charge is 0.383 e. The Hall–Kier alpha value is -1.02. The van der Waals surface area contributed by atoms with Crippen LogP contribution in [0.5, 0.6) is 0 Å². The van der Waals surface area contributed by atoms with Gasteiger partial charge in [0, 0.05) is 25.3 Å². The Labute approximate surface area is 119 Å². The predicted molar refractivity (Wildman–Crippen MR) is 75.2 cm³/mol. The Bertz CT molecular complexity index is 528. The number of nitrogens with one attached hydrogen (secondary N) is 1. The van der Waals surface area contributed by atoms with Gasteiger partial charge in [-0.25, -0.2) is 17.5 Å². The molecule has 0 aliphatic heterocycles. The summed E-state index contributed by atoms with van der Waals surface area (Å²) in [5.74, 6) is -0.617. The van der Waals surface area contributed by atoms with E-state index in [0.29, 0.717) is 6.42 Å². The van der Waals surface area contributed by atoms with E-state index < -0.39 is 15.8 Å². The lowest BCUT2D eigenvalue weighted by Gasteiger charge is -2.18. The van der Waals surface area contributed by atoms with Crippen molar-refractivity contribution in [2.45, 2.75) is 37.2 Å². The van der Waals surface area contributed by atoms with Gasteiger partial charge in [0.05, 0.1) is 11.5 Å². The Morgan fingerprint density at radius 3 is 2.70 bits per heavy atom. The minimum atomic E-state index is -3.82. The van der Waals surface area contributed by atoms with Gasteiger partial charge in [0.1, 0.15) is 5.82 Å². The van der Waals surface area contributed by atoms with Crippen LogP contribution in [0.1, 0.15) is 25.3 Å². The molecule has 1 atom stereocenters. The summed E-state index contributed by atoms with van der Waals surface area (Å²) in [4.78, 5) is -0.114. The van der Waals surface area contributed by atoms with E-state index >= 15 is 0 Å². The molecular formula is C13H21FN2O3S. The molecule has 0 saturated heterocycles. The highest BCUT2D eigenvalue weighted by Crippen LogP contribution is 2.19. The summed E-state index contributed by atoms with van der Waals surface area (Å²) in [7, 11) is -2.31. The lowest BCUT2D eigenvalue weighted by atomic mass is 10.2. The standard InChI is InChI=1S/C13H21FN2O3S/c1-3-5-10(9-19-2)16-20(17,18)13-7-4-6-12(14)11(13)8-15/h4,6-7,10,16H,3,5,8-9,15H2,1-2H3. The molecule has 0 radical (unpaired) electrons. The third-order valence-electron chi connectivity index (χ3n) is 2.90. The van der Waals surface area contributed by atoms with Crippen LogP contribution in [-0.4, -0.2) is 28.2 Å². The monoisotopic (exact) mass is 304 g/mol. The van der Waals surface area contributed by atoms with Crippen LogP contribution < -0.4 is 10.5 Å². The van der Waals surface area contributed by atoms with Crippen molar-refractivity contribution in [1.82, 2.24) is 4.72 Å². The Morgan fingerprint density at radius 2 is 2.15 bits per heavy atom. The van der Waals surface area contributed by atoms with Crippen LogP contribution in [0.3, 0.4) is 0 Å². The van der Waals surface area contributed by atoms with Gasteiger partial charge in [-0.05, 0) is 18.6 Å². The second-order valence-electron chi connectivity index (χ2n) is 4.48. The highest BCUT2D eigenvalue weighted by molar-refractivity contribution is 7.89. The van der Waals surface area contributed by atoms with Crippen LogP contribution >= 0.6 is 0 Å². The maximum atomic E-state index is 13.6. The van der Waals surface area contributed by atoms with E-state index in [9.17, 15) is 12.8 Å². The average molecular weight is 304 g/mol. The number of sulfonamides is 1. The van der Waals surface area contributed by atoms with E-state index in [2.05, 4.69) is 4.72 Å². The molecule has 1 aromatic rings. The first-order chi connectivity index (χ1) is 9.46. The number of benzene rings is 1. The fraction of sp³-hybridized carbons (Fsp3) is 0.538. The van der Waals surface area contributed by atoms with Crippen molar-refractivity contribution in [3.05, 3.63) is 29.6 Å². The second-order valence-corrected chi connectivity index (χ2v) is 6.17. The first-order valence-electron chi connectivity index (χ1n) is 6.45. The van der Waals surface area contributed by atoms with E-state index in [4.69, 9.17) is 10.5 Å². The first-order valence-corrected chi connectivity index (χ1v) is 7.93. The summed E-state index contributed by atoms with van der Waals surface area (Å²) in [6.07, 6.45) is 1.45. The zero-order chi connectivity index (χ0) is 15.2. The van der Waals surface area contributed by atoms with Crippen molar-refractivity contribution in [3.63, 3.8) is 0 Å². The molecule has 3 N–H and O–H groups in total. The smallest absolute Gasteiger partial charge is 0.241 e. The number of halogens is 1. The first kappa shape index (κ1) is 17.0. The zero-order valence-electron chi connectivity index (χ0n) is 11.7. The quantitative estimate of drug-likeness (QED) is 0.760. The number of rotatable bonds is 8. The third-order valence-corrected chi connectivity index (χ3v) is 4.50. The SMILES string of the molecule is CCCC(COC)NS(=O)(=O)c1cccc(F)c1CN. The normalized spacial score (nSPS) is 13.4. The summed E-state index contributed by atoms with van der Waals surface area (Å²) in [5, 5.41) is 0. The van der Waals surface area contributed by atoms with Gasteiger partial charge in [-0.3, -0.25) is 0 Å². The molecular weight excluding hydrogens is 283 g/mol. The Balaban J connectivity index is 3.07. The van der Waals surface area contributed by atoms with Gasteiger partial charge in [0.15, 0.2) is 0 Å². The molecule has 0 aromatic heterocycles. The topological polar surface area (TPSA) is 81.4 Å². The molecule has 114 valence electrons. The number of ether oxygens (including phenoxy) is 1. The maximum absolute atomic E-state index is 13.6. The molecule has 0 saturated carbocycles. The molecule has 0 aliphatic carbocycles. The molecule has 1 unspecified atom stereocenters. The van der Waals surface area contributed by atoms with Crippen LogP contribution in [0, 0.1) is 5.82 Å². The fourth-order valence-electron chi connectivity index (χ4n) is 2.00. The van der Waals surface area contributed by atoms with E-state index in [-0.39, 0.29) is 29.7 Å². The molecule has 7 heteroatoms. The van der Waals surface area contributed by atoms with Crippen molar-refractivity contribution in [3.8, 4) is 0 Å². The average Bonchev–Trinajstić information content (AvgIpc) is 2.38. The molecule has 5 nitrogen and oxygen atoms in total. The summed E-state index contributed by atoms with van der Waals surface area (Å²) in [6.45, 7) is 2.04. The second kappa shape index (κ2) is 7.68. The minimum Gasteiger partial charge on any atom is -0.383 e. The number of methoxy groups -OCH3 is 1. The van der Waals surface area contributed by atoms with Crippen LogP contribution in [0.25, 0.3) is 0 Å². The molecule has 20 heavy (non-hydrogen) atoms. The zero-order valence-corrected chi connectivity index (χ0v) is 12.5. The van der Waals surface area contributed by atoms with Crippen molar-refractivity contribution in [1.29, 1.82) is 0 Å². The number of hydrogen-bond donors (Lipinski definition) is 2. The molecule has 0 aliphatic rings. The van der Waals surface area contributed by atoms with E-state index in [1.165, 1.54) is 25.3 Å². The molecule has 1 rings (SSSR count). The molecule has 1 aromatic carbocycles. The van der Waals surface area contributed by atoms with E-state index in [1.807, 2.05) is 6.92 Å².